The van der Waals surface area contributed by atoms with Crippen LogP contribution in [0.15, 0.2) is 36.4 Å². The largest absolute Gasteiger partial charge is 0.493 e. The van der Waals surface area contributed by atoms with E-state index in [4.69, 9.17) is 37.4 Å². The molecule has 152 valence electrons. The molecule has 28 heavy (non-hydrogen) atoms. The van der Waals surface area contributed by atoms with Crippen LogP contribution in [0.5, 0.6) is 11.5 Å². The quantitative estimate of drug-likeness (QED) is 0.616. The molecule has 0 aliphatic carbocycles. The standard InChI is InChI=1S/C21H26Cl2N2O3/c1-26-20-13-17(14-24-6-7-25-8-10-27-11-9-25)12-19(23)21(20)28-15-16-2-4-18(22)5-3-16/h2-5,12-13,24H,6-11,14-15H2,1H3. The SMILES string of the molecule is COc1cc(CNCCN2CCOCC2)cc(Cl)c1OCc1ccc(Cl)cc1. The van der Waals surface area contributed by atoms with Crippen molar-refractivity contribution in [1.82, 2.24) is 10.2 Å². The van der Waals surface area contributed by atoms with Gasteiger partial charge in [-0.25, -0.2) is 0 Å². The third-order valence-electron chi connectivity index (χ3n) is 4.62. The van der Waals surface area contributed by atoms with Gasteiger partial charge in [-0.1, -0.05) is 35.3 Å². The Labute approximate surface area is 176 Å². The van der Waals surface area contributed by atoms with Gasteiger partial charge in [0, 0.05) is 37.7 Å². The molecular weight excluding hydrogens is 399 g/mol. The molecule has 3 rings (SSSR count). The smallest absolute Gasteiger partial charge is 0.180 e. The molecule has 0 aromatic heterocycles. The average molecular weight is 425 g/mol. The van der Waals surface area contributed by atoms with Gasteiger partial charge >= 0.3 is 0 Å². The van der Waals surface area contributed by atoms with E-state index in [9.17, 15) is 0 Å². The molecule has 2 aromatic rings. The number of ether oxygens (including phenoxy) is 3. The predicted molar refractivity (Wildman–Crippen MR) is 113 cm³/mol. The molecule has 1 aliphatic heterocycles. The normalized spacial score (nSPS) is 14.8. The predicted octanol–water partition coefficient (Wildman–Crippen LogP) is 4.00. The highest BCUT2D eigenvalue weighted by Gasteiger charge is 2.13. The molecule has 0 amide bonds. The van der Waals surface area contributed by atoms with E-state index in [1.54, 1.807) is 7.11 Å². The van der Waals surface area contributed by atoms with Gasteiger partial charge in [0.2, 0.25) is 0 Å². The van der Waals surface area contributed by atoms with E-state index in [2.05, 4.69) is 10.2 Å². The van der Waals surface area contributed by atoms with Crippen LogP contribution in [0.3, 0.4) is 0 Å². The topological polar surface area (TPSA) is 43.0 Å². The van der Waals surface area contributed by atoms with Crippen molar-refractivity contribution in [3.05, 3.63) is 57.6 Å². The first-order valence-electron chi connectivity index (χ1n) is 9.40. The van der Waals surface area contributed by atoms with Crippen LogP contribution >= 0.6 is 23.2 Å². The number of morpholine rings is 1. The average Bonchev–Trinajstić information content (AvgIpc) is 2.72. The van der Waals surface area contributed by atoms with Gasteiger partial charge in [-0.3, -0.25) is 4.90 Å². The molecule has 1 N–H and O–H groups in total. The van der Waals surface area contributed by atoms with Crippen molar-refractivity contribution in [1.29, 1.82) is 0 Å². The van der Waals surface area contributed by atoms with Gasteiger partial charge in [0.05, 0.1) is 25.3 Å². The number of rotatable bonds is 9. The van der Waals surface area contributed by atoms with Gasteiger partial charge in [-0.05, 0) is 35.4 Å². The van der Waals surface area contributed by atoms with Gasteiger partial charge in [-0.2, -0.15) is 0 Å². The summed E-state index contributed by atoms with van der Waals surface area (Å²) >= 11 is 12.4. The number of methoxy groups -OCH3 is 1. The van der Waals surface area contributed by atoms with Gasteiger partial charge < -0.3 is 19.5 Å². The molecule has 1 aliphatic rings. The minimum absolute atomic E-state index is 0.393. The van der Waals surface area contributed by atoms with Crippen LogP contribution in [0.2, 0.25) is 10.0 Å². The molecule has 0 saturated carbocycles. The Balaban J connectivity index is 1.53. The molecule has 0 unspecified atom stereocenters. The number of nitrogens with zero attached hydrogens (tertiary/aromatic N) is 1. The van der Waals surface area contributed by atoms with Crippen molar-refractivity contribution in [2.75, 3.05) is 46.5 Å². The Morgan fingerprint density at radius 1 is 1.07 bits per heavy atom. The van der Waals surface area contributed by atoms with Crippen molar-refractivity contribution in [2.45, 2.75) is 13.2 Å². The van der Waals surface area contributed by atoms with Crippen molar-refractivity contribution >= 4 is 23.2 Å². The summed E-state index contributed by atoms with van der Waals surface area (Å²) < 4.78 is 16.8. The molecule has 7 heteroatoms. The van der Waals surface area contributed by atoms with Gasteiger partial charge in [-0.15, -0.1) is 0 Å². The lowest BCUT2D eigenvalue weighted by Gasteiger charge is -2.26. The fourth-order valence-corrected chi connectivity index (χ4v) is 3.46. The summed E-state index contributed by atoms with van der Waals surface area (Å²) in [6, 6.07) is 11.4. The third-order valence-corrected chi connectivity index (χ3v) is 5.16. The van der Waals surface area contributed by atoms with Crippen LogP contribution in [0.4, 0.5) is 0 Å². The second kappa shape index (κ2) is 10.9. The highest BCUT2D eigenvalue weighted by Crippen LogP contribution is 2.37. The number of hydrogen-bond donors (Lipinski definition) is 1. The van der Waals surface area contributed by atoms with Crippen LogP contribution in [-0.4, -0.2) is 51.4 Å². The van der Waals surface area contributed by atoms with Crippen LogP contribution < -0.4 is 14.8 Å². The Kier molecular flexibility index (Phi) is 8.25. The lowest BCUT2D eigenvalue weighted by molar-refractivity contribution is 0.0384. The molecule has 1 saturated heterocycles. The lowest BCUT2D eigenvalue weighted by atomic mass is 10.2. The molecule has 0 spiro atoms. The van der Waals surface area contributed by atoms with E-state index in [0.29, 0.717) is 28.2 Å². The highest BCUT2D eigenvalue weighted by atomic mass is 35.5. The summed E-state index contributed by atoms with van der Waals surface area (Å²) in [7, 11) is 1.62. The highest BCUT2D eigenvalue weighted by molar-refractivity contribution is 6.32. The number of halogens is 2. The van der Waals surface area contributed by atoms with Crippen LogP contribution in [0.1, 0.15) is 11.1 Å². The van der Waals surface area contributed by atoms with Gasteiger partial charge in [0.25, 0.3) is 0 Å². The first-order chi connectivity index (χ1) is 13.7. The van der Waals surface area contributed by atoms with E-state index in [1.165, 1.54) is 0 Å². The summed E-state index contributed by atoms with van der Waals surface area (Å²) in [6.45, 7) is 6.68. The molecule has 1 heterocycles. The van der Waals surface area contributed by atoms with Gasteiger partial charge in [0.15, 0.2) is 11.5 Å². The summed E-state index contributed by atoms with van der Waals surface area (Å²) in [5.41, 5.74) is 2.07. The van der Waals surface area contributed by atoms with Crippen LogP contribution in [-0.2, 0) is 17.9 Å². The first kappa shape index (κ1) is 21.2. The minimum atomic E-state index is 0.393. The summed E-state index contributed by atoms with van der Waals surface area (Å²) in [5, 5.41) is 4.70. The fraction of sp³-hybridized carbons (Fsp3) is 0.429. The zero-order chi connectivity index (χ0) is 19.8. The Morgan fingerprint density at radius 2 is 1.82 bits per heavy atom. The van der Waals surface area contributed by atoms with E-state index >= 15 is 0 Å². The van der Waals surface area contributed by atoms with Gasteiger partial charge in [0.1, 0.15) is 6.61 Å². The zero-order valence-corrected chi connectivity index (χ0v) is 17.6. The van der Waals surface area contributed by atoms with E-state index < -0.39 is 0 Å². The molecule has 0 bridgehead atoms. The van der Waals surface area contributed by atoms with E-state index in [1.807, 2.05) is 36.4 Å². The molecule has 0 atom stereocenters. The number of benzene rings is 2. The minimum Gasteiger partial charge on any atom is -0.493 e. The molecule has 2 aromatic carbocycles. The van der Waals surface area contributed by atoms with Crippen molar-refractivity contribution in [3.63, 3.8) is 0 Å². The maximum Gasteiger partial charge on any atom is 0.180 e. The van der Waals surface area contributed by atoms with Crippen molar-refractivity contribution in [2.24, 2.45) is 0 Å². The number of hydrogen-bond acceptors (Lipinski definition) is 5. The zero-order valence-electron chi connectivity index (χ0n) is 16.0. The maximum atomic E-state index is 6.46. The third kappa shape index (κ3) is 6.26. The second-order valence-corrected chi connectivity index (χ2v) is 7.50. The van der Waals surface area contributed by atoms with E-state index in [0.717, 1.165) is 57.1 Å². The van der Waals surface area contributed by atoms with Crippen LogP contribution in [0, 0.1) is 0 Å². The van der Waals surface area contributed by atoms with E-state index in [-0.39, 0.29) is 0 Å². The molecular formula is C21H26Cl2N2O3. The van der Waals surface area contributed by atoms with Crippen molar-refractivity contribution < 1.29 is 14.2 Å². The van der Waals surface area contributed by atoms with Crippen LogP contribution in [0.25, 0.3) is 0 Å². The molecule has 0 radical (unpaired) electrons. The number of nitrogens with one attached hydrogen (secondary N) is 1. The Hall–Kier alpha value is -1.50. The first-order valence-corrected chi connectivity index (χ1v) is 10.2. The Bertz CT molecular complexity index is 750. The lowest BCUT2D eigenvalue weighted by Crippen LogP contribution is -2.40. The molecule has 5 nitrogen and oxygen atoms in total. The Morgan fingerprint density at radius 3 is 2.54 bits per heavy atom. The second-order valence-electron chi connectivity index (χ2n) is 6.65. The summed E-state index contributed by atoms with van der Waals surface area (Å²) in [4.78, 5) is 2.40. The summed E-state index contributed by atoms with van der Waals surface area (Å²) in [5.74, 6) is 1.18. The van der Waals surface area contributed by atoms with Crippen molar-refractivity contribution in [3.8, 4) is 11.5 Å². The fourth-order valence-electron chi connectivity index (χ4n) is 3.05. The molecule has 1 fully saturated rings. The summed E-state index contributed by atoms with van der Waals surface area (Å²) in [6.07, 6.45) is 0. The monoisotopic (exact) mass is 424 g/mol. The maximum absolute atomic E-state index is 6.46.